The summed E-state index contributed by atoms with van der Waals surface area (Å²) in [5.74, 6) is 0.308. The van der Waals surface area contributed by atoms with Gasteiger partial charge in [0.2, 0.25) is 0 Å². The number of nitrogen functional groups attached to an aromatic ring is 1. The topological polar surface area (TPSA) is 62.7 Å². The minimum atomic E-state index is 0.308. The van der Waals surface area contributed by atoms with Gasteiger partial charge in [-0.1, -0.05) is 29.8 Å². The first-order valence-corrected chi connectivity index (χ1v) is 7.06. The first kappa shape index (κ1) is 13.0. The van der Waals surface area contributed by atoms with Gasteiger partial charge in [-0.05, 0) is 37.3 Å². The second-order valence-corrected chi connectivity index (χ2v) is 5.38. The van der Waals surface area contributed by atoms with Crippen molar-refractivity contribution in [3.05, 3.63) is 46.1 Å². The van der Waals surface area contributed by atoms with Gasteiger partial charge in [0.05, 0.1) is 0 Å². The number of hydrogen-bond donors (Lipinski definition) is 1. The number of anilines is 1. The molecule has 1 aliphatic carbocycles. The molecule has 1 aliphatic rings. The molecule has 0 amide bonds. The van der Waals surface area contributed by atoms with Crippen LogP contribution in [0.15, 0.2) is 24.3 Å². The number of benzene rings is 1. The third-order valence-corrected chi connectivity index (χ3v) is 4.09. The molecule has 1 aromatic carbocycles. The fourth-order valence-corrected chi connectivity index (χ4v) is 3.07. The van der Waals surface area contributed by atoms with E-state index in [1.54, 1.807) is 0 Å². The molecule has 0 aliphatic heterocycles. The second-order valence-electron chi connectivity index (χ2n) is 4.97. The van der Waals surface area contributed by atoms with Crippen LogP contribution in [0.1, 0.15) is 29.7 Å². The molecular weight excluding hydrogens is 270 g/mol. The van der Waals surface area contributed by atoms with Crippen molar-refractivity contribution in [2.75, 3.05) is 5.73 Å². The summed E-state index contributed by atoms with van der Waals surface area (Å²) in [7, 11) is 0. The highest BCUT2D eigenvalue weighted by atomic mass is 35.5. The molecule has 0 fully saturated rings. The number of aromatic nitrogens is 1. The van der Waals surface area contributed by atoms with Crippen molar-refractivity contribution in [1.82, 2.24) is 4.98 Å². The minimum absolute atomic E-state index is 0.308. The molecule has 0 saturated heterocycles. The number of nitriles is 1. The van der Waals surface area contributed by atoms with Gasteiger partial charge in [-0.2, -0.15) is 5.26 Å². The normalized spacial score (nSPS) is 13.6. The number of halogens is 1. The zero-order chi connectivity index (χ0) is 14.1. The molecular formula is C16H14ClN3. The molecule has 20 heavy (non-hydrogen) atoms. The maximum Gasteiger partial charge on any atom is 0.142 e. The summed E-state index contributed by atoms with van der Waals surface area (Å²) in [4.78, 5) is 4.41. The first-order valence-electron chi connectivity index (χ1n) is 6.68. The SMILES string of the molecule is N#Cc1c(N)nc2c(c1-c1ccccc1Cl)CCCC2. The lowest BCUT2D eigenvalue weighted by molar-refractivity contribution is 0.670. The number of nitrogens with two attached hydrogens (primary N) is 1. The zero-order valence-electron chi connectivity index (χ0n) is 11.0. The van der Waals surface area contributed by atoms with Crippen LogP contribution >= 0.6 is 11.6 Å². The Labute approximate surface area is 123 Å². The van der Waals surface area contributed by atoms with Gasteiger partial charge >= 0.3 is 0 Å². The van der Waals surface area contributed by atoms with Crippen molar-refractivity contribution in [3.8, 4) is 17.2 Å². The highest BCUT2D eigenvalue weighted by molar-refractivity contribution is 6.33. The molecule has 0 bridgehead atoms. The molecule has 0 spiro atoms. The Morgan fingerprint density at radius 2 is 1.95 bits per heavy atom. The molecule has 0 atom stereocenters. The molecule has 4 heteroatoms. The molecule has 1 aromatic heterocycles. The van der Waals surface area contributed by atoms with Crippen molar-refractivity contribution >= 4 is 17.4 Å². The average Bonchev–Trinajstić information content (AvgIpc) is 2.46. The third kappa shape index (κ3) is 2.03. The van der Waals surface area contributed by atoms with Gasteiger partial charge < -0.3 is 5.73 Å². The highest BCUT2D eigenvalue weighted by Crippen LogP contribution is 2.38. The van der Waals surface area contributed by atoms with Crippen LogP contribution in [0.4, 0.5) is 5.82 Å². The van der Waals surface area contributed by atoms with E-state index < -0.39 is 0 Å². The largest absolute Gasteiger partial charge is 0.383 e. The van der Waals surface area contributed by atoms with E-state index >= 15 is 0 Å². The van der Waals surface area contributed by atoms with Crippen LogP contribution in [0, 0.1) is 11.3 Å². The molecule has 0 unspecified atom stereocenters. The smallest absolute Gasteiger partial charge is 0.142 e. The summed E-state index contributed by atoms with van der Waals surface area (Å²) in [5.41, 5.74) is 10.3. The van der Waals surface area contributed by atoms with E-state index in [0.29, 0.717) is 16.4 Å². The molecule has 2 aromatic rings. The maximum absolute atomic E-state index is 9.44. The van der Waals surface area contributed by atoms with Gasteiger partial charge in [-0.25, -0.2) is 4.98 Å². The summed E-state index contributed by atoms with van der Waals surface area (Å²) in [6.45, 7) is 0. The van der Waals surface area contributed by atoms with Crippen molar-refractivity contribution in [2.45, 2.75) is 25.7 Å². The molecule has 100 valence electrons. The Kier molecular flexibility index (Phi) is 3.33. The van der Waals surface area contributed by atoms with Crippen LogP contribution in [0.5, 0.6) is 0 Å². The number of fused-ring (bicyclic) bond motifs is 1. The Morgan fingerprint density at radius 1 is 1.20 bits per heavy atom. The van der Waals surface area contributed by atoms with Gasteiger partial charge in [-0.3, -0.25) is 0 Å². The maximum atomic E-state index is 9.44. The summed E-state index contributed by atoms with van der Waals surface area (Å²) in [6, 6.07) is 9.78. The van der Waals surface area contributed by atoms with E-state index in [9.17, 15) is 5.26 Å². The summed E-state index contributed by atoms with van der Waals surface area (Å²) in [5, 5.41) is 10.1. The molecule has 3 rings (SSSR count). The standard InChI is InChI=1S/C16H14ClN3/c17-13-7-3-1-5-10(13)15-11-6-2-4-8-14(11)20-16(19)12(15)9-18/h1,3,5,7H,2,4,6,8H2,(H2,19,20). The molecule has 1 heterocycles. The summed E-state index contributed by atoms with van der Waals surface area (Å²) in [6.07, 6.45) is 4.08. The molecule has 0 radical (unpaired) electrons. The predicted octanol–water partition coefficient (Wildman–Crippen LogP) is 3.73. The van der Waals surface area contributed by atoms with Crippen LogP contribution in [-0.2, 0) is 12.8 Å². The number of hydrogen-bond acceptors (Lipinski definition) is 3. The number of pyridine rings is 1. The lowest BCUT2D eigenvalue weighted by atomic mass is 9.86. The summed E-state index contributed by atoms with van der Waals surface area (Å²) >= 11 is 6.31. The minimum Gasteiger partial charge on any atom is -0.383 e. The Bertz CT molecular complexity index is 716. The highest BCUT2D eigenvalue weighted by Gasteiger charge is 2.22. The van der Waals surface area contributed by atoms with E-state index in [4.69, 9.17) is 17.3 Å². The monoisotopic (exact) mass is 283 g/mol. The van der Waals surface area contributed by atoms with Crippen LogP contribution < -0.4 is 5.73 Å². The third-order valence-electron chi connectivity index (χ3n) is 3.76. The summed E-state index contributed by atoms with van der Waals surface area (Å²) < 4.78 is 0. The van der Waals surface area contributed by atoms with E-state index in [-0.39, 0.29) is 0 Å². The number of nitrogens with zero attached hydrogens (tertiary/aromatic N) is 2. The average molecular weight is 284 g/mol. The predicted molar refractivity (Wildman–Crippen MR) is 80.5 cm³/mol. The first-order chi connectivity index (χ1) is 9.72. The van der Waals surface area contributed by atoms with Crippen LogP contribution in [0.3, 0.4) is 0 Å². The van der Waals surface area contributed by atoms with E-state index in [1.807, 2.05) is 24.3 Å². The Hall–Kier alpha value is -2.05. The molecule has 3 nitrogen and oxygen atoms in total. The van der Waals surface area contributed by atoms with E-state index in [0.717, 1.165) is 48.1 Å². The number of rotatable bonds is 1. The lowest BCUT2D eigenvalue weighted by Crippen LogP contribution is -2.11. The molecule has 2 N–H and O–H groups in total. The van der Waals surface area contributed by atoms with Crippen LogP contribution in [-0.4, -0.2) is 4.98 Å². The van der Waals surface area contributed by atoms with Crippen molar-refractivity contribution in [2.24, 2.45) is 0 Å². The quantitative estimate of drug-likeness (QED) is 0.867. The zero-order valence-corrected chi connectivity index (χ0v) is 11.7. The number of aryl methyl sites for hydroxylation is 1. The van der Waals surface area contributed by atoms with Gasteiger partial charge in [0.25, 0.3) is 0 Å². The van der Waals surface area contributed by atoms with E-state index in [2.05, 4.69) is 11.1 Å². The van der Waals surface area contributed by atoms with Crippen molar-refractivity contribution in [3.63, 3.8) is 0 Å². The van der Waals surface area contributed by atoms with Crippen molar-refractivity contribution in [1.29, 1.82) is 5.26 Å². The Morgan fingerprint density at radius 3 is 2.70 bits per heavy atom. The second kappa shape index (κ2) is 5.15. The van der Waals surface area contributed by atoms with Crippen molar-refractivity contribution < 1.29 is 0 Å². The van der Waals surface area contributed by atoms with Crippen LogP contribution in [0.25, 0.3) is 11.1 Å². The van der Waals surface area contributed by atoms with Crippen LogP contribution in [0.2, 0.25) is 5.02 Å². The Balaban J connectivity index is 2.36. The molecule has 0 saturated carbocycles. The van der Waals surface area contributed by atoms with E-state index in [1.165, 1.54) is 0 Å². The van der Waals surface area contributed by atoms with Gasteiger partial charge in [0.15, 0.2) is 0 Å². The van der Waals surface area contributed by atoms with Gasteiger partial charge in [0.1, 0.15) is 17.5 Å². The fraction of sp³-hybridized carbons (Fsp3) is 0.250. The fourth-order valence-electron chi connectivity index (χ4n) is 2.84. The lowest BCUT2D eigenvalue weighted by Gasteiger charge is -2.21. The van der Waals surface area contributed by atoms with Gasteiger partial charge in [-0.15, -0.1) is 0 Å². The van der Waals surface area contributed by atoms with Gasteiger partial charge in [0, 0.05) is 21.8 Å².